The van der Waals surface area contributed by atoms with Gasteiger partial charge in [0, 0.05) is 32.6 Å². The van der Waals surface area contributed by atoms with Crippen molar-refractivity contribution in [1.29, 1.82) is 0 Å². The summed E-state index contributed by atoms with van der Waals surface area (Å²) in [6.45, 7) is 11.2. The first-order chi connectivity index (χ1) is 9.20. The largest absolute Gasteiger partial charge is 0.379 e. The molecule has 2 rings (SSSR count). The molecule has 2 aliphatic rings. The van der Waals surface area contributed by atoms with Crippen LogP contribution < -0.4 is 5.43 Å². The first-order valence-electron chi connectivity index (χ1n) is 7.17. The molecule has 1 amide bonds. The van der Waals surface area contributed by atoms with Crippen molar-refractivity contribution in [3.8, 4) is 0 Å². The number of amides is 1. The lowest BCUT2D eigenvalue weighted by molar-refractivity contribution is -0.124. The van der Waals surface area contributed by atoms with Crippen molar-refractivity contribution < 1.29 is 9.53 Å². The zero-order valence-electron chi connectivity index (χ0n) is 11.8. The van der Waals surface area contributed by atoms with Crippen LogP contribution in [0.15, 0.2) is 12.7 Å². The molecule has 0 aromatic rings. The molecule has 2 fully saturated rings. The fourth-order valence-electron chi connectivity index (χ4n) is 3.00. The molecule has 2 aliphatic heterocycles. The van der Waals surface area contributed by atoms with E-state index in [1.54, 1.807) is 6.92 Å². The van der Waals surface area contributed by atoms with Gasteiger partial charge in [0.15, 0.2) is 0 Å². The molecule has 1 N–H and O–H groups in total. The number of morpholine rings is 1. The van der Waals surface area contributed by atoms with Crippen LogP contribution in [0.2, 0.25) is 0 Å². The third-order valence-corrected chi connectivity index (χ3v) is 4.05. The number of ether oxygens (including phenoxy) is 1. The van der Waals surface area contributed by atoms with Crippen LogP contribution in [0.3, 0.4) is 0 Å². The average molecular weight is 267 g/mol. The predicted octanol–water partition coefficient (Wildman–Crippen LogP) is 0.636. The van der Waals surface area contributed by atoms with Crippen LogP contribution in [-0.4, -0.2) is 61.3 Å². The van der Waals surface area contributed by atoms with Gasteiger partial charge < -0.3 is 4.74 Å². The monoisotopic (exact) mass is 267 g/mol. The second-order valence-electron chi connectivity index (χ2n) is 5.36. The van der Waals surface area contributed by atoms with Crippen LogP contribution >= 0.6 is 0 Å². The number of nitrogens with one attached hydrogen (secondary N) is 1. The quantitative estimate of drug-likeness (QED) is 0.742. The summed E-state index contributed by atoms with van der Waals surface area (Å²) in [5, 5.41) is 2.09. The van der Waals surface area contributed by atoms with Crippen molar-refractivity contribution in [2.24, 2.45) is 5.92 Å². The Morgan fingerprint density at radius 1 is 1.42 bits per heavy atom. The Labute approximate surface area is 115 Å². The molecular formula is C14H25N3O2. The molecule has 108 valence electrons. The Kier molecular flexibility index (Phi) is 5.36. The van der Waals surface area contributed by atoms with Crippen molar-refractivity contribution in [3.05, 3.63) is 12.7 Å². The van der Waals surface area contributed by atoms with Gasteiger partial charge in [-0.3, -0.25) is 15.1 Å². The standard InChI is InChI=1S/C14H25N3O2/c1-3-13-4-7-17(15-12(2)18)14(13)5-6-16-8-10-19-11-9-16/h3,13-14H,1,4-11H2,2H3,(H,15,18). The Morgan fingerprint density at radius 2 is 2.16 bits per heavy atom. The maximum Gasteiger partial charge on any atom is 0.231 e. The summed E-state index contributed by atoms with van der Waals surface area (Å²) < 4.78 is 5.36. The molecule has 5 nitrogen and oxygen atoms in total. The Bertz CT molecular complexity index is 316. The van der Waals surface area contributed by atoms with E-state index in [1.807, 2.05) is 6.08 Å². The lowest BCUT2D eigenvalue weighted by Gasteiger charge is -2.31. The van der Waals surface area contributed by atoms with E-state index < -0.39 is 0 Å². The van der Waals surface area contributed by atoms with Gasteiger partial charge in [-0.2, -0.15) is 0 Å². The van der Waals surface area contributed by atoms with E-state index in [-0.39, 0.29) is 5.91 Å². The first kappa shape index (κ1) is 14.5. The number of hydrogen-bond donors (Lipinski definition) is 1. The molecular weight excluding hydrogens is 242 g/mol. The number of carbonyl (C=O) groups excluding carboxylic acids is 1. The zero-order valence-corrected chi connectivity index (χ0v) is 11.8. The lowest BCUT2D eigenvalue weighted by Crippen LogP contribution is -2.47. The number of hydrogen-bond acceptors (Lipinski definition) is 4. The van der Waals surface area contributed by atoms with Crippen LogP contribution in [0.4, 0.5) is 0 Å². The first-order valence-corrected chi connectivity index (χ1v) is 7.17. The Balaban J connectivity index is 1.85. The van der Waals surface area contributed by atoms with E-state index in [9.17, 15) is 4.79 Å². The van der Waals surface area contributed by atoms with Crippen molar-refractivity contribution >= 4 is 5.91 Å². The number of hydrazine groups is 1. The van der Waals surface area contributed by atoms with Gasteiger partial charge in [-0.15, -0.1) is 6.58 Å². The van der Waals surface area contributed by atoms with Gasteiger partial charge >= 0.3 is 0 Å². The summed E-state index contributed by atoms with van der Waals surface area (Å²) in [7, 11) is 0. The van der Waals surface area contributed by atoms with Gasteiger partial charge in [0.05, 0.1) is 13.2 Å². The highest BCUT2D eigenvalue weighted by atomic mass is 16.5. The van der Waals surface area contributed by atoms with Gasteiger partial charge in [-0.25, -0.2) is 5.01 Å². The van der Waals surface area contributed by atoms with E-state index in [1.165, 1.54) is 0 Å². The molecule has 5 heteroatoms. The highest BCUT2D eigenvalue weighted by Gasteiger charge is 2.32. The van der Waals surface area contributed by atoms with Gasteiger partial charge in [-0.1, -0.05) is 6.08 Å². The van der Waals surface area contributed by atoms with E-state index in [2.05, 4.69) is 21.9 Å². The van der Waals surface area contributed by atoms with Gasteiger partial charge in [0.1, 0.15) is 0 Å². The topological polar surface area (TPSA) is 44.8 Å². The zero-order chi connectivity index (χ0) is 13.7. The summed E-state index contributed by atoms with van der Waals surface area (Å²) in [6.07, 6.45) is 4.18. The van der Waals surface area contributed by atoms with Crippen molar-refractivity contribution in [1.82, 2.24) is 15.3 Å². The van der Waals surface area contributed by atoms with E-state index in [4.69, 9.17) is 4.74 Å². The smallest absolute Gasteiger partial charge is 0.231 e. The molecule has 0 aliphatic carbocycles. The fraction of sp³-hybridized carbons (Fsp3) is 0.786. The van der Waals surface area contributed by atoms with E-state index >= 15 is 0 Å². The Morgan fingerprint density at radius 3 is 2.79 bits per heavy atom. The minimum Gasteiger partial charge on any atom is -0.379 e. The number of rotatable bonds is 5. The average Bonchev–Trinajstić information content (AvgIpc) is 2.79. The second kappa shape index (κ2) is 7.03. The molecule has 19 heavy (non-hydrogen) atoms. The molecule has 2 heterocycles. The predicted molar refractivity (Wildman–Crippen MR) is 74.5 cm³/mol. The van der Waals surface area contributed by atoms with Crippen molar-refractivity contribution in [3.63, 3.8) is 0 Å². The molecule has 0 radical (unpaired) electrons. The maximum atomic E-state index is 11.2. The molecule has 2 saturated heterocycles. The number of nitrogens with zero attached hydrogens (tertiary/aromatic N) is 2. The maximum absolute atomic E-state index is 11.2. The third kappa shape index (κ3) is 4.03. The van der Waals surface area contributed by atoms with Gasteiger partial charge in [0.2, 0.25) is 5.91 Å². The number of carbonyl (C=O) groups is 1. The van der Waals surface area contributed by atoms with Crippen LogP contribution in [0.5, 0.6) is 0 Å². The molecule has 2 atom stereocenters. The summed E-state index contributed by atoms with van der Waals surface area (Å²) in [5.41, 5.74) is 2.95. The molecule has 0 saturated carbocycles. The third-order valence-electron chi connectivity index (χ3n) is 4.05. The summed E-state index contributed by atoms with van der Waals surface area (Å²) in [6, 6.07) is 0.379. The molecule has 0 spiro atoms. The molecule has 0 bridgehead atoms. The van der Waals surface area contributed by atoms with Crippen molar-refractivity contribution in [2.45, 2.75) is 25.8 Å². The van der Waals surface area contributed by atoms with Crippen LogP contribution in [0.25, 0.3) is 0 Å². The molecule has 0 aromatic heterocycles. The molecule has 2 unspecified atom stereocenters. The second-order valence-corrected chi connectivity index (χ2v) is 5.36. The summed E-state index contributed by atoms with van der Waals surface area (Å²) >= 11 is 0. The minimum atomic E-state index is 0.0149. The van der Waals surface area contributed by atoms with E-state index in [0.717, 1.165) is 52.2 Å². The highest BCUT2D eigenvalue weighted by molar-refractivity contribution is 5.72. The lowest BCUT2D eigenvalue weighted by atomic mass is 9.98. The summed E-state index contributed by atoms with van der Waals surface area (Å²) in [4.78, 5) is 13.7. The summed E-state index contributed by atoms with van der Waals surface area (Å²) in [5.74, 6) is 0.494. The van der Waals surface area contributed by atoms with Crippen LogP contribution in [-0.2, 0) is 9.53 Å². The van der Waals surface area contributed by atoms with Crippen LogP contribution in [0, 0.1) is 5.92 Å². The van der Waals surface area contributed by atoms with E-state index in [0.29, 0.717) is 12.0 Å². The van der Waals surface area contributed by atoms with Crippen LogP contribution in [0.1, 0.15) is 19.8 Å². The van der Waals surface area contributed by atoms with Gasteiger partial charge in [0.25, 0.3) is 0 Å². The van der Waals surface area contributed by atoms with Crippen molar-refractivity contribution in [2.75, 3.05) is 39.4 Å². The molecule has 0 aromatic carbocycles. The fourth-order valence-corrected chi connectivity index (χ4v) is 3.00. The minimum absolute atomic E-state index is 0.0149. The Hall–Kier alpha value is -0.910. The van der Waals surface area contributed by atoms with Gasteiger partial charge in [-0.05, 0) is 25.3 Å². The highest BCUT2D eigenvalue weighted by Crippen LogP contribution is 2.26. The SMILES string of the molecule is C=CC1CCN(NC(C)=O)C1CCN1CCOCC1. The normalized spacial score (nSPS) is 29.3.